The molecular formula is C15H22N2O. The molecule has 2 unspecified atom stereocenters. The minimum atomic E-state index is 0.151. The quantitative estimate of drug-likeness (QED) is 0.870. The Morgan fingerprint density at radius 1 is 1.22 bits per heavy atom. The van der Waals surface area contributed by atoms with Gasteiger partial charge in [0, 0.05) is 25.8 Å². The van der Waals surface area contributed by atoms with Gasteiger partial charge in [-0.3, -0.25) is 4.79 Å². The molecule has 2 rings (SSSR count). The number of nitrogens with one attached hydrogen (secondary N) is 1. The van der Waals surface area contributed by atoms with Crippen LogP contribution in [0.3, 0.4) is 0 Å². The van der Waals surface area contributed by atoms with Crippen LogP contribution in [0.15, 0.2) is 24.3 Å². The molecule has 1 aliphatic heterocycles. The lowest BCUT2D eigenvalue weighted by Gasteiger charge is -2.35. The topological polar surface area (TPSA) is 32.3 Å². The van der Waals surface area contributed by atoms with Gasteiger partial charge in [0.05, 0.1) is 5.56 Å². The second-order valence-electron chi connectivity index (χ2n) is 5.45. The minimum Gasteiger partial charge on any atom is -0.387 e. The molecule has 0 saturated carbocycles. The summed E-state index contributed by atoms with van der Waals surface area (Å²) in [5.74, 6) is 1.34. The van der Waals surface area contributed by atoms with Gasteiger partial charge < -0.3 is 10.2 Å². The Morgan fingerprint density at radius 3 is 2.44 bits per heavy atom. The van der Waals surface area contributed by atoms with Crippen molar-refractivity contribution in [2.45, 2.75) is 20.3 Å². The molecule has 3 nitrogen and oxygen atoms in total. The Labute approximate surface area is 109 Å². The number of carbonyl (C=O) groups excluding carboxylic acids is 1. The predicted octanol–water partition coefficient (Wildman–Crippen LogP) is 2.85. The Hall–Kier alpha value is -1.51. The molecule has 2 atom stereocenters. The van der Waals surface area contributed by atoms with Crippen molar-refractivity contribution in [1.29, 1.82) is 0 Å². The van der Waals surface area contributed by atoms with Gasteiger partial charge in [0.25, 0.3) is 5.91 Å². The number of rotatable bonds is 2. The van der Waals surface area contributed by atoms with Gasteiger partial charge in [-0.05, 0) is 30.4 Å². The molecule has 1 saturated heterocycles. The molecule has 0 spiro atoms. The standard InChI is InChI=1S/C15H22N2O/c1-11-8-12(2)10-17(9-11)15(18)13-6-4-5-7-14(13)16-3/h4-7,11-12,16H,8-10H2,1-3H3. The van der Waals surface area contributed by atoms with Gasteiger partial charge in [0.2, 0.25) is 0 Å². The first-order chi connectivity index (χ1) is 8.61. The summed E-state index contributed by atoms with van der Waals surface area (Å²) < 4.78 is 0. The largest absolute Gasteiger partial charge is 0.387 e. The lowest BCUT2D eigenvalue weighted by Crippen LogP contribution is -2.42. The van der Waals surface area contributed by atoms with E-state index in [1.807, 2.05) is 36.2 Å². The van der Waals surface area contributed by atoms with Crippen molar-refractivity contribution in [3.63, 3.8) is 0 Å². The second-order valence-corrected chi connectivity index (χ2v) is 5.45. The molecule has 1 aromatic carbocycles. The van der Waals surface area contributed by atoms with Crippen LogP contribution in [-0.4, -0.2) is 30.9 Å². The summed E-state index contributed by atoms with van der Waals surface area (Å²) in [5.41, 5.74) is 1.69. The highest BCUT2D eigenvalue weighted by molar-refractivity contribution is 5.99. The number of anilines is 1. The molecule has 0 aliphatic carbocycles. The molecule has 3 heteroatoms. The maximum atomic E-state index is 12.6. The molecule has 0 radical (unpaired) electrons. The molecular weight excluding hydrogens is 224 g/mol. The van der Waals surface area contributed by atoms with Crippen LogP contribution in [0.4, 0.5) is 5.69 Å². The third kappa shape index (κ3) is 2.66. The monoisotopic (exact) mass is 246 g/mol. The first kappa shape index (κ1) is 12.9. The molecule has 1 fully saturated rings. The first-order valence-electron chi connectivity index (χ1n) is 6.68. The second kappa shape index (κ2) is 5.42. The highest BCUT2D eigenvalue weighted by Gasteiger charge is 2.26. The predicted molar refractivity (Wildman–Crippen MR) is 74.8 cm³/mol. The maximum absolute atomic E-state index is 12.6. The molecule has 18 heavy (non-hydrogen) atoms. The normalized spacial score (nSPS) is 23.8. The average molecular weight is 246 g/mol. The number of hydrogen-bond acceptors (Lipinski definition) is 2. The summed E-state index contributed by atoms with van der Waals surface area (Å²) in [6, 6.07) is 7.72. The minimum absolute atomic E-state index is 0.151. The summed E-state index contributed by atoms with van der Waals surface area (Å²) >= 11 is 0. The van der Waals surface area contributed by atoms with E-state index in [2.05, 4.69) is 19.2 Å². The smallest absolute Gasteiger partial charge is 0.255 e. The van der Waals surface area contributed by atoms with Crippen molar-refractivity contribution in [3.05, 3.63) is 29.8 Å². The van der Waals surface area contributed by atoms with E-state index in [9.17, 15) is 4.79 Å². The molecule has 1 aliphatic rings. The van der Waals surface area contributed by atoms with Gasteiger partial charge >= 0.3 is 0 Å². The Balaban J connectivity index is 2.20. The SMILES string of the molecule is CNc1ccccc1C(=O)N1CC(C)CC(C)C1. The molecule has 1 aromatic rings. The highest BCUT2D eigenvalue weighted by atomic mass is 16.2. The van der Waals surface area contributed by atoms with Crippen molar-refractivity contribution in [3.8, 4) is 0 Å². The first-order valence-corrected chi connectivity index (χ1v) is 6.68. The van der Waals surface area contributed by atoms with Gasteiger partial charge in [-0.1, -0.05) is 26.0 Å². The van der Waals surface area contributed by atoms with Crippen molar-refractivity contribution >= 4 is 11.6 Å². The summed E-state index contributed by atoms with van der Waals surface area (Å²) in [6.07, 6.45) is 1.22. The molecule has 0 aromatic heterocycles. The number of benzene rings is 1. The number of hydrogen-bond donors (Lipinski definition) is 1. The van der Waals surface area contributed by atoms with Crippen LogP contribution in [0.2, 0.25) is 0 Å². The van der Waals surface area contributed by atoms with Crippen molar-refractivity contribution < 1.29 is 4.79 Å². The van der Waals surface area contributed by atoms with Gasteiger partial charge in [0.15, 0.2) is 0 Å². The number of amides is 1. The summed E-state index contributed by atoms with van der Waals surface area (Å²) in [6.45, 7) is 6.20. The zero-order valence-electron chi connectivity index (χ0n) is 11.4. The highest BCUT2D eigenvalue weighted by Crippen LogP contribution is 2.24. The van der Waals surface area contributed by atoms with Crippen LogP contribution in [0.25, 0.3) is 0 Å². The molecule has 1 heterocycles. The summed E-state index contributed by atoms with van der Waals surface area (Å²) in [5, 5.41) is 3.09. The van der Waals surface area contributed by atoms with Crippen LogP contribution in [0.1, 0.15) is 30.6 Å². The zero-order chi connectivity index (χ0) is 13.1. The lowest BCUT2D eigenvalue weighted by molar-refractivity contribution is 0.0624. The number of likely N-dealkylation sites (tertiary alicyclic amines) is 1. The van der Waals surface area contributed by atoms with E-state index >= 15 is 0 Å². The van der Waals surface area contributed by atoms with Crippen LogP contribution in [0.5, 0.6) is 0 Å². The molecule has 1 N–H and O–H groups in total. The van der Waals surface area contributed by atoms with Crippen LogP contribution in [-0.2, 0) is 0 Å². The number of piperidine rings is 1. The summed E-state index contributed by atoms with van der Waals surface area (Å²) in [4.78, 5) is 14.6. The van der Waals surface area contributed by atoms with E-state index < -0.39 is 0 Å². The number of nitrogens with zero attached hydrogens (tertiary/aromatic N) is 1. The van der Waals surface area contributed by atoms with E-state index in [0.29, 0.717) is 11.8 Å². The van der Waals surface area contributed by atoms with Crippen molar-refractivity contribution in [2.24, 2.45) is 11.8 Å². The molecule has 98 valence electrons. The maximum Gasteiger partial charge on any atom is 0.255 e. The number of para-hydroxylation sites is 1. The lowest BCUT2D eigenvalue weighted by atomic mass is 9.91. The zero-order valence-corrected chi connectivity index (χ0v) is 11.4. The number of carbonyl (C=O) groups is 1. The van der Waals surface area contributed by atoms with Gasteiger partial charge in [-0.2, -0.15) is 0 Å². The van der Waals surface area contributed by atoms with Crippen molar-refractivity contribution in [2.75, 3.05) is 25.5 Å². The van der Waals surface area contributed by atoms with E-state index in [-0.39, 0.29) is 5.91 Å². The third-order valence-electron chi connectivity index (χ3n) is 3.58. The molecule has 0 bridgehead atoms. The van der Waals surface area contributed by atoms with Crippen molar-refractivity contribution in [1.82, 2.24) is 4.90 Å². The Morgan fingerprint density at radius 2 is 1.83 bits per heavy atom. The Bertz CT molecular complexity index is 420. The van der Waals surface area contributed by atoms with Crippen LogP contribution >= 0.6 is 0 Å². The third-order valence-corrected chi connectivity index (χ3v) is 3.58. The fourth-order valence-corrected chi connectivity index (χ4v) is 2.89. The van der Waals surface area contributed by atoms with E-state index in [1.165, 1.54) is 6.42 Å². The summed E-state index contributed by atoms with van der Waals surface area (Å²) in [7, 11) is 1.85. The van der Waals surface area contributed by atoms with Gasteiger partial charge in [-0.15, -0.1) is 0 Å². The van der Waals surface area contributed by atoms with E-state index in [1.54, 1.807) is 0 Å². The van der Waals surface area contributed by atoms with Gasteiger partial charge in [0.1, 0.15) is 0 Å². The van der Waals surface area contributed by atoms with E-state index in [4.69, 9.17) is 0 Å². The molecule has 1 amide bonds. The average Bonchev–Trinajstić information content (AvgIpc) is 2.36. The fraction of sp³-hybridized carbons (Fsp3) is 0.533. The van der Waals surface area contributed by atoms with Crippen LogP contribution in [0, 0.1) is 11.8 Å². The van der Waals surface area contributed by atoms with E-state index in [0.717, 1.165) is 24.3 Å². The van der Waals surface area contributed by atoms with Crippen LogP contribution < -0.4 is 5.32 Å². The Kier molecular flexibility index (Phi) is 3.90. The van der Waals surface area contributed by atoms with Gasteiger partial charge in [-0.25, -0.2) is 0 Å². The fourth-order valence-electron chi connectivity index (χ4n) is 2.89.